The lowest BCUT2D eigenvalue weighted by Gasteiger charge is -2.19. The molecule has 0 aromatic carbocycles. The first-order chi connectivity index (χ1) is 5.68. The molecule has 0 aromatic heterocycles. The van der Waals surface area contributed by atoms with Gasteiger partial charge < -0.3 is 4.74 Å². The summed E-state index contributed by atoms with van der Waals surface area (Å²) < 4.78 is 4.91. The van der Waals surface area contributed by atoms with Crippen LogP contribution in [0.4, 0.5) is 0 Å². The van der Waals surface area contributed by atoms with Gasteiger partial charge in [-0.25, -0.2) is 0 Å². The fraction of sp³-hybridized carbons (Fsp3) is 0.778. The van der Waals surface area contributed by atoms with Crippen LogP contribution in [0.3, 0.4) is 0 Å². The number of ketones is 1. The molecule has 12 heavy (non-hydrogen) atoms. The number of esters is 1. The molecule has 0 amide bonds. The van der Waals surface area contributed by atoms with Crippen molar-refractivity contribution in [1.82, 2.24) is 0 Å². The Bertz CT molecular complexity index is 234. The third kappa shape index (κ3) is 1.24. The average Bonchev–Trinajstić information content (AvgIpc) is 2.73. The highest BCUT2D eigenvalue weighted by Crippen LogP contribution is 2.47. The molecule has 0 bridgehead atoms. The third-order valence-electron chi connectivity index (χ3n) is 2.71. The number of carbonyl (C=O) groups excluding carboxylic acids is 2. The van der Waals surface area contributed by atoms with Crippen molar-refractivity contribution in [3.05, 3.63) is 0 Å². The fourth-order valence-electron chi connectivity index (χ4n) is 1.98. The SMILES string of the molecule is CC(=O)O[C@H]1CC[C@H]2C[C@H]2C1=O. The molecule has 2 aliphatic rings. The Labute approximate surface area is 71.1 Å². The van der Waals surface area contributed by atoms with Crippen molar-refractivity contribution in [1.29, 1.82) is 0 Å². The van der Waals surface area contributed by atoms with Crippen LogP contribution in [0.25, 0.3) is 0 Å². The number of rotatable bonds is 1. The van der Waals surface area contributed by atoms with Gasteiger partial charge in [-0.1, -0.05) is 0 Å². The molecule has 3 heteroatoms. The minimum absolute atomic E-state index is 0.154. The number of hydrogen-bond acceptors (Lipinski definition) is 3. The first-order valence-corrected chi connectivity index (χ1v) is 4.39. The number of carbonyl (C=O) groups is 2. The Morgan fingerprint density at radius 2 is 2.25 bits per heavy atom. The van der Waals surface area contributed by atoms with E-state index in [0.717, 1.165) is 19.3 Å². The van der Waals surface area contributed by atoms with Gasteiger partial charge in [-0.15, -0.1) is 0 Å². The molecule has 0 aromatic rings. The van der Waals surface area contributed by atoms with Gasteiger partial charge >= 0.3 is 5.97 Å². The molecule has 66 valence electrons. The normalized spacial score (nSPS) is 38.8. The molecule has 0 spiro atoms. The second kappa shape index (κ2) is 2.57. The van der Waals surface area contributed by atoms with Gasteiger partial charge in [-0.05, 0) is 25.2 Å². The van der Waals surface area contributed by atoms with Crippen molar-refractivity contribution in [3.8, 4) is 0 Å². The molecule has 2 aliphatic carbocycles. The molecular weight excluding hydrogens is 156 g/mol. The minimum Gasteiger partial charge on any atom is -0.455 e. The molecule has 0 radical (unpaired) electrons. The van der Waals surface area contributed by atoms with Crippen molar-refractivity contribution in [2.75, 3.05) is 0 Å². The summed E-state index contributed by atoms with van der Waals surface area (Å²) >= 11 is 0. The highest BCUT2D eigenvalue weighted by Gasteiger charge is 2.49. The van der Waals surface area contributed by atoms with Crippen LogP contribution in [0.5, 0.6) is 0 Å². The van der Waals surface area contributed by atoms with E-state index in [2.05, 4.69) is 0 Å². The van der Waals surface area contributed by atoms with Crippen LogP contribution in [-0.4, -0.2) is 17.9 Å². The van der Waals surface area contributed by atoms with Crippen molar-refractivity contribution in [2.45, 2.75) is 32.3 Å². The zero-order valence-electron chi connectivity index (χ0n) is 7.08. The molecule has 3 nitrogen and oxygen atoms in total. The van der Waals surface area contributed by atoms with Crippen molar-refractivity contribution in [3.63, 3.8) is 0 Å². The number of fused-ring (bicyclic) bond motifs is 1. The highest BCUT2D eigenvalue weighted by atomic mass is 16.5. The Hall–Kier alpha value is -0.860. The van der Waals surface area contributed by atoms with E-state index in [-0.39, 0.29) is 17.7 Å². The molecule has 2 rings (SSSR count). The van der Waals surface area contributed by atoms with Gasteiger partial charge in [-0.2, -0.15) is 0 Å². The average molecular weight is 168 g/mol. The lowest BCUT2D eigenvalue weighted by Crippen LogP contribution is -2.31. The van der Waals surface area contributed by atoms with Gasteiger partial charge in [0.1, 0.15) is 0 Å². The van der Waals surface area contributed by atoms with E-state index < -0.39 is 6.10 Å². The Balaban J connectivity index is 1.97. The molecule has 2 fully saturated rings. The minimum atomic E-state index is -0.425. The Morgan fingerprint density at radius 1 is 1.50 bits per heavy atom. The quantitative estimate of drug-likeness (QED) is 0.547. The summed E-state index contributed by atoms with van der Waals surface area (Å²) in [7, 11) is 0. The van der Waals surface area contributed by atoms with Gasteiger partial charge in [0.2, 0.25) is 0 Å². The summed E-state index contributed by atoms with van der Waals surface area (Å²) in [6.45, 7) is 1.35. The van der Waals surface area contributed by atoms with Crippen LogP contribution in [0.2, 0.25) is 0 Å². The molecule has 0 unspecified atom stereocenters. The third-order valence-corrected chi connectivity index (χ3v) is 2.71. The van der Waals surface area contributed by atoms with Gasteiger partial charge in [-0.3, -0.25) is 9.59 Å². The molecule has 3 atom stereocenters. The summed E-state index contributed by atoms with van der Waals surface area (Å²) in [6.07, 6.45) is 2.39. The first kappa shape index (κ1) is 7.77. The second-order valence-electron chi connectivity index (χ2n) is 3.68. The summed E-state index contributed by atoms with van der Waals surface area (Å²) in [5, 5.41) is 0. The predicted molar refractivity (Wildman–Crippen MR) is 41.4 cm³/mol. The summed E-state index contributed by atoms with van der Waals surface area (Å²) in [5.74, 6) is 0.654. The van der Waals surface area contributed by atoms with Crippen LogP contribution in [0, 0.1) is 11.8 Å². The molecule has 0 heterocycles. The van der Waals surface area contributed by atoms with Crippen molar-refractivity contribution in [2.24, 2.45) is 11.8 Å². The van der Waals surface area contributed by atoms with Crippen LogP contribution < -0.4 is 0 Å². The van der Waals surface area contributed by atoms with E-state index in [0.29, 0.717) is 5.92 Å². The lowest BCUT2D eigenvalue weighted by atomic mass is 9.96. The summed E-state index contributed by atoms with van der Waals surface area (Å²) in [6, 6.07) is 0. The van der Waals surface area contributed by atoms with E-state index >= 15 is 0 Å². The predicted octanol–water partition coefficient (Wildman–Crippen LogP) is 0.917. The number of Topliss-reactive ketones (excluding diaryl/α,β-unsaturated/α-hetero) is 1. The topological polar surface area (TPSA) is 43.4 Å². The monoisotopic (exact) mass is 168 g/mol. The molecule has 0 saturated heterocycles. The second-order valence-corrected chi connectivity index (χ2v) is 3.68. The van der Waals surface area contributed by atoms with Gasteiger partial charge in [0, 0.05) is 12.8 Å². The van der Waals surface area contributed by atoms with Gasteiger partial charge in [0.15, 0.2) is 11.9 Å². The first-order valence-electron chi connectivity index (χ1n) is 4.39. The summed E-state index contributed by atoms with van der Waals surface area (Å²) in [5.41, 5.74) is 0. The van der Waals surface area contributed by atoms with E-state index in [4.69, 9.17) is 4.74 Å². The van der Waals surface area contributed by atoms with Crippen molar-refractivity contribution >= 4 is 11.8 Å². The summed E-state index contributed by atoms with van der Waals surface area (Å²) in [4.78, 5) is 22.0. The van der Waals surface area contributed by atoms with E-state index in [1.165, 1.54) is 6.92 Å². The largest absolute Gasteiger partial charge is 0.455 e. The molecule has 2 saturated carbocycles. The van der Waals surface area contributed by atoms with Crippen molar-refractivity contribution < 1.29 is 14.3 Å². The van der Waals surface area contributed by atoms with Crippen LogP contribution >= 0.6 is 0 Å². The number of ether oxygens (including phenoxy) is 1. The number of hydrogen-bond donors (Lipinski definition) is 0. The standard InChI is InChI=1S/C9H12O3/c1-5(10)12-8-3-2-6-4-7(6)9(8)11/h6-8H,2-4H2,1H3/t6-,7+,8-/m0/s1. The van der Waals surface area contributed by atoms with Crippen LogP contribution in [-0.2, 0) is 14.3 Å². The molecular formula is C9H12O3. The smallest absolute Gasteiger partial charge is 0.303 e. The zero-order chi connectivity index (χ0) is 8.72. The van der Waals surface area contributed by atoms with E-state index in [1.807, 2.05) is 0 Å². The van der Waals surface area contributed by atoms with Gasteiger partial charge in [0.25, 0.3) is 0 Å². The fourth-order valence-corrected chi connectivity index (χ4v) is 1.98. The van der Waals surface area contributed by atoms with E-state index in [1.54, 1.807) is 0 Å². The Kier molecular flexibility index (Phi) is 1.67. The maximum absolute atomic E-state index is 11.4. The maximum Gasteiger partial charge on any atom is 0.303 e. The molecule has 0 aliphatic heterocycles. The Morgan fingerprint density at radius 3 is 2.92 bits per heavy atom. The zero-order valence-corrected chi connectivity index (χ0v) is 7.08. The maximum atomic E-state index is 11.4. The highest BCUT2D eigenvalue weighted by molar-refractivity contribution is 5.90. The van der Waals surface area contributed by atoms with Crippen LogP contribution in [0.1, 0.15) is 26.2 Å². The van der Waals surface area contributed by atoms with Crippen LogP contribution in [0.15, 0.2) is 0 Å². The van der Waals surface area contributed by atoms with Gasteiger partial charge in [0.05, 0.1) is 0 Å². The molecule has 0 N–H and O–H groups in total. The van der Waals surface area contributed by atoms with E-state index in [9.17, 15) is 9.59 Å². The lowest BCUT2D eigenvalue weighted by molar-refractivity contribution is -0.155.